The number of fused-ring (bicyclic) bond motifs is 1. The van der Waals surface area contributed by atoms with E-state index >= 15 is 0 Å². The van der Waals surface area contributed by atoms with Gasteiger partial charge in [0.05, 0.1) is 19.3 Å². The smallest absolute Gasteiger partial charge is 0.189 e. The van der Waals surface area contributed by atoms with Crippen molar-refractivity contribution in [1.29, 1.82) is 0 Å². The van der Waals surface area contributed by atoms with Crippen molar-refractivity contribution in [3.8, 4) is 11.5 Å². The summed E-state index contributed by atoms with van der Waals surface area (Å²) >= 11 is 3.46. The first-order chi connectivity index (χ1) is 13.2. The first-order valence-electron chi connectivity index (χ1n) is 8.81. The van der Waals surface area contributed by atoms with Gasteiger partial charge in [0.1, 0.15) is 17.6 Å². The molecule has 0 aromatic heterocycles. The second kappa shape index (κ2) is 9.90. The Balaban J connectivity index is 1.61. The Hall–Kier alpha value is -1.86. The van der Waals surface area contributed by atoms with E-state index in [0.717, 1.165) is 22.3 Å². The number of ether oxygens (including phenoxy) is 4. The minimum absolute atomic E-state index is 0.0492. The highest BCUT2D eigenvalue weighted by molar-refractivity contribution is 9.10. The highest BCUT2D eigenvalue weighted by atomic mass is 79.9. The van der Waals surface area contributed by atoms with Gasteiger partial charge in [-0.3, -0.25) is 0 Å². The zero-order valence-corrected chi connectivity index (χ0v) is 16.9. The molecular formula is C21H24BrNO4. The molecule has 0 unspecified atom stereocenters. The minimum Gasteiger partial charge on any atom is -0.484 e. The predicted molar refractivity (Wildman–Crippen MR) is 108 cm³/mol. The van der Waals surface area contributed by atoms with Gasteiger partial charge >= 0.3 is 0 Å². The Labute approximate surface area is 168 Å². The summed E-state index contributed by atoms with van der Waals surface area (Å²) in [6, 6.07) is 14.2. The van der Waals surface area contributed by atoms with Crippen LogP contribution < -0.4 is 14.8 Å². The van der Waals surface area contributed by atoms with Crippen LogP contribution in [0.4, 0.5) is 0 Å². The summed E-state index contributed by atoms with van der Waals surface area (Å²) in [7, 11) is 1.64. The quantitative estimate of drug-likeness (QED) is 0.345. The highest BCUT2D eigenvalue weighted by Crippen LogP contribution is 2.39. The van der Waals surface area contributed by atoms with Crippen LogP contribution in [-0.4, -0.2) is 33.2 Å². The van der Waals surface area contributed by atoms with E-state index in [9.17, 15) is 0 Å². The van der Waals surface area contributed by atoms with E-state index in [1.807, 2.05) is 36.4 Å². The van der Waals surface area contributed by atoms with Crippen LogP contribution in [0.3, 0.4) is 0 Å². The average molecular weight is 434 g/mol. The van der Waals surface area contributed by atoms with Crippen LogP contribution in [0.2, 0.25) is 0 Å². The van der Waals surface area contributed by atoms with Gasteiger partial charge in [0.25, 0.3) is 0 Å². The third-order valence-corrected chi connectivity index (χ3v) is 4.85. The van der Waals surface area contributed by atoms with Crippen molar-refractivity contribution in [2.75, 3.05) is 27.1 Å². The molecule has 1 aliphatic heterocycles. The average Bonchev–Trinajstić information content (AvgIpc) is 3.04. The molecule has 0 spiro atoms. The van der Waals surface area contributed by atoms with Crippen LogP contribution >= 0.6 is 15.9 Å². The number of nitrogens with one attached hydrogen (secondary N) is 1. The van der Waals surface area contributed by atoms with Crippen molar-refractivity contribution in [1.82, 2.24) is 5.32 Å². The van der Waals surface area contributed by atoms with Crippen molar-refractivity contribution in [3.63, 3.8) is 0 Å². The number of methoxy groups -OCH3 is 1. The number of hydrogen-bond donors (Lipinski definition) is 1. The number of rotatable bonds is 10. The third-order valence-electron chi connectivity index (χ3n) is 4.32. The largest absolute Gasteiger partial charge is 0.484 e. The molecule has 1 aliphatic rings. The topological polar surface area (TPSA) is 49.0 Å². The van der Waals surface area contributed by atoms with E-state index in [1.165, 1.54) is 5.56 Å². The zero-order valence-electron chi connectivity index (χ0n) is 15.3. The van der Waals surface area contributed by atoms with Gasteiger partial charge in [0.2, 0.25) is 0 Å². The SMILES string of the molecule is C=C[C@H]1Oc2cc(OCOCCOC)ccc2[C@@H]1NCc1ccc(Br)cc1. The number of benzene rings is 2. The van der Waals surface area contributed by atoms with Crippen LogP contribution in [0.5, 0.6) is 11.5 Å². The van der Waals surface area contributed by atoms with Crippen LogP contribution in [0.15, 0.2) is 59.6 Å². The fourth-order valence-corrected chi connectivity index (χ4v) is 3.17. The molecule has 0 fully saturated rings. The molecule has 2 aromatic rings. The summed E-state index contributed by atoms with van der Waals surface area (Å²) in [6.45, 7) is 5.88. The molecule has 0 bridgehead atoms. The van der Waals surface area contributed by atoms with Crippen molar-refractivity contribution < 1.29 is 18.9 Å². The normalized spacial score (nSPS) is 18.0. The maximum Gasteiger partial charge on any atom is 0.189 e. The molecule has 0 saturated carbocycles. The molecule has 0 saturated heterocycles. The van der Waals surface area contributed by atoms with Crippen molar-refractivity contribution in [2.24, 2.45) is 0 Å². The van der Waals surface area contributed by atoms with Gasteiger partial charge in [-0.1, -0.05) is 34.6 Å². The molecule has 1 heterocycles. The Bertz CT molecular complexity index is 750. The molecule has 2 aromatic carbocycles. The van der Waals surface area contributed by atoms with Crippen LogP contribution in [0.25, 0.3) is 0 Å². The van der Waals surface area contributed by atoms with E-state index in [2.05, 4.69) is 40.0 Å². The first kappa shape index (κ1) is 19.9. The Kier molecular flexibility index (Phi) is 7.29. The summed E-state index contributed by atoms with van der Waals surface area (Å²) in [4.78, 5) is 0. The number of hydrogen-bond acceptors (Lipinski definition) is 5. The lowest BCUT2D eigenvalue weighted by molar-refractivity contribution is -0.00854. The summed E-state index contributed by atoms with van der Waals surface area (Å²) < 4.78 is 23.0. The van der Waals surface area contributed by atoms with Crippen LogP contribution in [0.1, 0.15) is 17.2 Å². The van der Waals surface area contributed by atoms with Gasteiger partial charge < -0.3 is 24.3 Å². The lowest BCUT2D eigenvalue weighted by Gasteiger charge is -2.17. The molecule has 0 amide bonds. The van der Waals surface area contributed by atoms with Crippen molar-refractivity contribution in [3.05, 3.63) is 70.7 Å². The summed E-state index contributed by atoms with van der Waals surface area (Å²) in [5, 5.41) is 3.57. The van der Waals surface area contributed by atoms with E-state index in [0.29, 0.717) is 19.0 Å². The molecule has 0 aliphatic carbocycles. The number of halogens is 1. The Morgan fingerprint density at radius 1 is 1.19 bits per heavy atom. The molecule has 2 atom stereocenters. The van der Waals surface area contributed by atoms with Gasteiger partial charge in [-0.2, -0.15) is 0 Å². The van der Waals surface area contributed by atoms with Crippen molar-refractivity contribution in [2.45, 2.75) is 18.7 Å². The highest BCUT2D eigenvalue weighted by Gasteiger charge is 2.32. The fraction of sp³-hybridized carbons (Fsp3) is 0.333. The standard InChI is InChI=1S/C21H24BrNO4/c1-3-19-21(23-13-15-4-6-16(22)7-5-15)18-9-8-17(12-20(18)27-19)26-14-25-11-10-24-2/h3-9,12,19,21,23H,1,10-11,13-14H2,2H3/t19-,21+/m1/s1. The molecule has 3 rings (SSSR count). The van der Waals surface area contributed by atoms with E-state index in [1.54, 1.807) is 7.11 Å². The molecule has 0 radical (unpaired) electrons. The molecule has 1 N–H and O–H groups in total. The van der Waals surface area contributed by atoms with E-state index in [4.69, 9.17) is 18.9 Å². The van der Waals surface area contributed by atoms with Crippen molar-refractivity contribution >= 4 is 15.9 Å². The predicted octanol–water partition coefficient (Wildman–Crippen LogP) is 4.23. The summed E-state index contributed by atoms with van der Waals surface area (Å²) in [5.41, 5.74) is 2.31. The first-order valence-corrected chi connectivity index (χ1v) is 9.61. The fourth-order valence-electron chi connectivity index (χ4n) is 2.91. The second-order valence-electron chi connectivity index (χ2n) is 6.17. The molecule has 6 heteroatoms. The Morgan fingerprint density at radius 2 is 2.00 bits per heavy atom. The van der Waals surface area contributed by atoms with Gasteiger partial charge in [0, 0.05) is 29.8 Å². The maximum absolute atomic E-state index is 6.03. The summed E-state index contributed by atoms with van der Waals surface area (Å²) in [5.74, 6) is 1.52. The molecule has 5 nitrogen and oxygen atoms in total. The zero-order chi connectivity index (χ0) is 19.1. The van der Waals surface area contributed by atoms with Crippen LogP contribution in [-0.2, 0) is 16.0 Å². The maximum atomic E-state index is 6.03. The van der Waals surface area contributed by atoms with Gasteiger partial charge in [-0.05, 0) is 35.9 Å². The lowest BCUT2D eigenvalue weighted by atomic mass is 10.0. The molecule has 144 valence electrons. The van der Waals surface area contributed by atoms with Gasteiger partial charge in [-0.15, -0.1) is 0 Å². The second-order valence-corrected chi connectivity index (χ2v) is 7.08. The van der Waals surface area contributed by atoms with Gasteiger partial charge in [0.15, 0.2) is 6.79 Å². The third kappa shape index (κ3) is 5.32. The van der Waals surface area contributed by atoms with E-state index in [-0.39, 0.29) is 18.9 Å². The van der Waals surface area contributed by atoms with Gasteiger partial charge in [-0.25, -0.2) is 0 Å². The minimum atomic E-state index is -0.122. The van der Waals surface area contributed by atoms with E-state index < -0.39 is 0 Å². The van der Waals surface area contributed by atoms with Crippen LogP contribution in [0, 0.1) is 0 Å². The summed E-state index contributed by atoms with van der Waals surface area (Å²) in [6.07, 6.45) is 1.71. The Morgan fingerprint density at radius 3 is 2.74 bits per heavy atom. The molecular weight excluding hydrogens is 410 g/mol. The molecule has 27 heavy (non-hydrogen) atoms. The monoisotopic (exact) mass is 433 g/mol. The lowest BCUT2D eigenvalue weighted by Crippen LogP contribution is -2.29.